The second-order valence-corrected chi connectivity index (χ2v) is 3.99. The van der Waals surface area contributed by atoms with Gasteiger partial charge in [0.2, 0.25) is 5.95 Å². The Hall–Kier alpha value is -1.60. The molecule has 1 rings (SSSR count). The van der Waals surface area contributed by atoms with E-state index in [0.29, 0.717) is 19.0 Å². The molecule has 0 amide bonds. The fourth-order valence-corrected chi connectivity index (χ4v) is 1.47. The Morgan fingerprint density at radius 2 is 1.95 bits per heavy atom. The van der Waals surface area contributed by atoms with Crippen LogP contribution in [-0.2, 0) is 9.47 Å². The average molecular weight is 269 g/mol. The molecule has 0 saturated heterocycles. The summed E-state index contributed by atoms with van der Waals surface area (Å²) in [6.07, 6.45) is 2.00. The van der Waals surface area contributed by atoms with Crippen molar-refractivity contribution in [3.8, 4) is 0 Å². The Labute approximate surface area is 113 Å². The molecule has 0 aromatic carbocycles. The van der Waals surface area contributed by atoms with E-state index in [1.807, 2.05) is 6.07 Å². The summed E-state index contributed by atoms with van der Waals surface area (Å²) in [6, 6.07) is 1.82. The van der Waals surface area contributed by atoms with Gasteiger partial charge in [0.25, 0.3) is 0 Å². The number of nitrogen functional groups attached to an aromatic ring is 1. The third kappa shape index (κ3) is 6.78. The zero-order chi connectivity index (χ0) is 13.9. The van der Waals surface area contributed by atoms with Crippen LogP contribution in [0.3, 0.4) is 0 Å². The number of anilines is 3. The highest BCUT2D eigenvalue weighted by atomic mass is 16.5. The van der Waals surface area contributed by atoms with Gasteiger partial charge in [-0.3, -0.25) is 0 Å². The highest BCUT2D eigenvalue weighted by Gasteiger charge is 2.00. The van der Waals surface area contributed by atoms with Crippen molar-refractivity contribution in [2.75, 3.05) is 56.9 Å². The van der Waals surface area contributed by atoms with E-state index in [1.54, 1.807) is 14.2 Å². The molecule has 0 aliphatic rings. The Balaban J connectivity index is 2.13. The number of nitrogens with one attached hydrogen (secondary N) is 2. The molecule has 0 aliphatic heterocycles. The number of ether oxygens (including phenoxy) is 2. The van der Waals surface area contributed by atoms with Crippen LogP contribution in [0.4, 0.5) is 17.6 Å². The first kappa shape index (κ1) is 15.5. The first-order chi connectivity index (χ1) is 9.26. The molecule has 19 heavy (non-hydrogen) atoms. The maximum Gasteiger partial charge on any atom is 0.223 e. The van der Waals surface area contributed by atoms with Crippen molar-refractivity contribution >= 4 is 17.6 Å². The smallest absolute Gasteiger partial charge is 0.223 e. The molecular weight excluding hydrogens is 246 g/mol. The standard InChI is InChI=1S/C12H23N5O2/c1-14-10-9-11(17-12(13)16-10)15-5-3-4-6-19-8-7-18-2/h9H,3-8H2,1-2H3,(H4,13,14,15,16,17). The van der Waals surface area contributed by atoms with Crippen LogP contribution in [0.2, 0.25) is 0 Å². The number of methoxy groups -OCH3 is 1. The van der Waals surface area contributed by atoms with Gasteiger partial charge < -0.3 is 25.8 Å². The van der Waals surface area contributed by atoms with Crippen molar-refractivity contribution < 1.29 is 9.47 Å². The lowest BCUT2D eigenvalue weighted by Crippen LogP contribution is -2.09. The summed E-state index contributed by atoms with van der Waals surface area (Å²) in [6.45, 7) is 2.87. The number of nitrogens with zero attached hydrogens (tertiary/aromatic N) is 2. The molecule has 7 heteroatoms. The van der Waals surface area contributed by atoms with E-state index in [9.17, 15) is 0 Å². The normalized spacial score (nSPS) is 10.4. The molecule has 0 bridgehead atoms. The molecule has 0 atom stereocenters. The van der Waals surface area contributed by atoms with Gasteiger partial charge in [0.1, 0.15) is 11.6 Å². The predicted octanol–water partition coefficient (Wildman–Crippen LogP) is 0.956. The van der Waals surface area contributed by atoms with Crippen LogP contribution in [0.25, 0.3) is 0 Å². The molecule has 0 unspecified atom stereocenters. The van der Waals surface area contributed by atoms with E-state index in [1.165, 1.54) is 0 Å². The summed E-state index contributed by atoms with van der Waals surface area (Å²) >= 11 is 0. The lowest BCUT2D eigenvalue weighted by molar-refractivity contribution is 0.0691. The van der Waals surface area contributed by atoms with Crippen LogP contribution in [0, 0.1) is 0 Å². The average Bonchev–Trinajstić information content (AvgIpc) is 2.41. The molecule has 0 radical (unpaired) electrons. The molecule has 0 fully saturated rings. The summed E-state index contributed by atoms with van der Waals surface area (Å²) in [7, 11) is 3.46. The number of nitrogens with two attached hydrogens (primary N) is 1. The number of rotatable bonds is 10. The van der Waals surface area contributed by atoms with Gasteiger partial charge in [0.05, 0.1) is 13.2 Å². The minimum Gasteiger partial charge on any atom is -0.382 e. The number of hydrogen-bond acceptors (Lipinski definition) is 7. The molecule has 1 aromatic rings. The Bertz CT molecular complexity index is 362. The Morgan fingerprint density at radius 1 is 1.16 bits per heavy atom. The Morgan fingerprint density at radius 3 is 2.68 bits per heavy atom. The first-order valence-electron chi connectivity index (χ1n) is 6.39. The van der Waals surface area contributed by atoms with E-state index in [0.717, 1.165) is 31.8 Å². The van der Waals surface area contributed by atoms with Gasteiger partial charge in [-0.2, -0.15) is 9.97 Å². The zero-order valence-electron chi connectivity index (χ0n) is 11.6. The van der Waals surface area contributed by atoms with Gasteiger partial charge in [0.15, 0.2) is 0 Å². The lowest BCUT2D eigenvalue weighted by Gasteiger charge is -2.08. The van der Waals surface area contributed by atoms with Crippen LogP contribution in [0.15, 0.2) is 6.07 Å². The lowest BCUT2D eigenvalue weighted by atomic mass is 10.3. The van der Waals surface area contributed by atoms with Crippen LogP contribution in [-0.4, -0.2) is 50.5 Å². The van der Waals surface area contributed by atoms with E-state index in [-0.39, 0.29) is 5.95 Å². The van der Waals surface area contributed by atoms with Crippen molar-refractivity contribution in [1.82, 2.24) is 9.97 Å². The van der Waals surface area contributed by atoms with E-state index >= 15 is 0 Å². The minimum atomic E-state index is 0.261. The number of hydrogen-bond donors (Lipinski definition) is 3. The van der Waals surface area contributed by atoms with Gasteiger partial charge in [-0.05, 0) is 12.8 Å². The summed E-state index contributed by atoms with van der Waals surface area (Å²) in [5, 5.41) is 6.15. The number of unbranched alkanes of at least 4 members (excludes halogenated alkanes) is 1. The largest absolute Gasteiger partial charge is 0.382 e. The van der Waals surface area contributed by atoms with Crippen molar-refractivity contribution in [3.05, 3.63) is 6.07 Å². The second-order valence-electron chi connectivity index (χ2n) is 3.99. The van der Waals surface area contributed by atoms with Gasteiger partial charge in [-0.15, -0.1) is 0 Å². The highest BCUT2D eigenvalue weighted by molar-refractivity contribution is 5.50. The van der Waals surface area contributed by atoms with Gasteiger partial charge >= 0.3 is 0 Å². The van der Waals surface area contributed by atoms with E-state index in [2.05, 4.69) is 20.6 Å². The summed E-state index contributed by atoms with van der Waals surface area (Å²) in [5.74, 6) is 1.70. The van der Waals surface area contributed by atoms with Crippen molar-refractivity contribution in [2.45, 2.75) is 12.8 Å². The van der Waals surface area contributed by atoms with Crippen LogP contribution in [0.5, 0.6) is 0 Å². The van der Waals surface area contributed by atoms with Crippen LogP contribution >= 0.6 is 0 Å². The quantitative estimate of drug-likeness (QED) is 0.544. The van der Waals surface area contributed by atoms with Crippen molar-refractivity contribution in [1.29, 1.82) is 0 Å². The molecule has 0 saturated carbocycles. The second kappa shape index (κ2) is 9.35. The molecule has 108 valence electrons. The summed E-state index contributed by atoms with van der Waals surface area (Å²) in [4.78, 5) is 8.13. The summed E-state index contributed by atoms with van der Waals surface area (Å²) in [5.41, 5.74) is 5.60. The molecule has 4 N–H and O–H groups in total. The topological polar surface area (TPSA) is 94.3 Å². The molecule has 0 aliphatic carbocycles. The fourth-order valence-electron chi connectivity index (χ4n) is 1.47. The SMILES string of the molecule is CNc1cc(NCCCCOCCOC)nc(N)n1. The minimum absolute atomic E-state index is 0.261. The predicted molar refractivity (Wildman–Crippen MR) is 76.4 cm³/mol. The van der Waals surface area contributed by atoms with Gasteiger partial charge in [-0.25, -0.2) is 0 Å². The van der Waals surface area contributed by atoms with E-state index in [4.69, 9.17) is 15.2 Å². The molecule has 1 heterocycles. The van der Waals surface area contributed by atoms with Crippen molar-refractivity contribution in [3.63, 3.8) is 0 Å². The monoisotopic (exact) mass is 269 g/mol. The third-order valence-corrected chi connectivity index (χ3v) is 2.45. The van der Waals surface area contributed by atoms with E-state index < -0.39 is 0 Å². The van der Waals surface area contributed by atoms with Gasteiger partial charge in [-0.1, -0.05) is 0 Å². The zero-order valence-corrected chi connectivity index (χ0v) is 11.6. The van der Waals surface area contributed by atoms with Crippen molar-refractivity contribution in [2.24, 2.45) is 0 Å². The molecule has 1 aromatic heterocycles. The first-order valence-corrected chi connectivity index (χ1v) is 6.39. The fraction of sp³-hybridized carbons (Fsp3) is 0.667. The molecular formula is C12H23N5O2. The van der Waals surface area contributed by atoms with Gasteiger partial charge in [0, 0.05) is 33.4 Å². The number of aromatic nitrogens is 2. The maximum atomic E-state index is 5.60. The Kier molecular flexibility index (Phi) is 7.60. The maximum absolute atomic E-state index is 5.60. The molecule has 7 nitrogen and oxygen atoms in total. The van der Waals surface area contributed by atoms with Crippen LogP contribution in [0.1, 0.15) is 12.8 Å². The van der Waals surface area contributed by atoms with Crippen LogP contribution < -0.4 is 16.4 Å². The third-order valence-electron chi connectivity index (χ3n) is 2.45. The molecule has 0 spiro atoms. The highest BCUT2D eigenvalue weighted by Crippen LogP contribution is 2.11. The summed E-state index contributed by atoms with van der Waals surface area (Å²) < 4.78 is 10.3.